The van der Waals surface area contributed by atoms with Gasteiger partial charge in [-0.15, -0.1) is 0 Å². The molecule has 0 spiro atoms. The highest BCUT2D eigenvalue weighted by atomic mass is 15.3. The summed E-state index contributed by atoms with van der Waals surface area (Å²) in [6.07, 6.45) is 3.84. The Labute approximate surface area is 116 Å². The highest BCUT2D eigenvalue weighted by molar-refractivity contribution is 5.50. The number of likely N-dealkylation sites (N-methyl/N-ethyl adjacent to an activating group) is 1. The zero-order chi connectivity index (χ0) is 13.3. The van der Waals surface area contributed by atoms with E-state index in [4.69, 9.17) is 5.73 Å². The van der Waals surface area contributed by atoms with Gasteiger partial charge in [0.25, 0.3) is 0 Å². The van der Waals surface area contributed by atoms with Crippen LogP contribution in [0, 0.1) is 0 Å². The summed E-state index contributed by atoms with van der Waals surface area (Å²) >= 11 is 0. The molecule has 1 aromatic carbocycles. The minimum absolute atomic E-state index is 0.145. The normalized spacial score (nSPS) is 30.5. The van der Waals surface area contributed by atoms with Gasteiger partial charge in [-0.25, -0.2) is 0 Å². The van der Waals surface area contributed by atoms with Crippen LogP contribution in [0.4, 0.5) is 5.69 Å². The molecule has 2 unspecified atom stereocenters. The van der Waals surface area contributed by atoms with Crippen LogP contribution in [0.3, 0.4) is 0 Å². The highest BCUT2D eigenvalue weighted by Crippen LogP contribution is 2.41. The summed E-state index contributed by atoms with van der Waals surface area (Å²) in [4.78, 5) is 5.21. The lowest BCUT2D eigenvalue weighted by Gasteiger charge is -2.45. The first-order valence-corrected chi connectivity index (χ1v) is 7.58. The molecule has 0 amide bonds. The molecule has 2 aliphatic heterocycles. The van der Waals surface area contributed by atoms with Gasteiger partial charge in [0.1, 0.15) is 0 Å². The van der Waals surface area contributed by atoms with Crippen LogP contribution in [0.25, 0.3) is 0 Å². The van der Waals surface area contributed by atoms with Crippen molar-refractivity contribution in [2.45, 2.75) is 37.8 Å². The van der Waals surface area contributed by atoms with Crippen molar-refractivity contribution in [3.05, 3.63) is 30.3 Å². The molecule has 0 aliphatic carbocycles. The van der Waals surface area contributed by atoms with Crippen LogP contribution < -0.4 is 10.6 Å². The summed E-state index contributed by atoms with van der Waals surface area (Å²) in [5.74, 6) is 0. The van der Waals surface area contributed by atoms with Crippen molar-refractivity contribution < 1.29 is 0 Å². The van der Waals surface area contributed by atoms with E-state index in [2.05, 4.69) is 47.1 Å². The Morgan fingerprint density at radius 3 is 2.79 bits per heavy atom. The number of anilines is 1. The minimum Gasteiger partial charge on any atom is -0.363 e. The Morgan fingerprint density at radius 1 is 1.32 bits per heavy atom. The third-order valence-electron chi connectivity index (χ3n) is 5.09. The Hall–Kier alpha value is -1.06. The largest absolute Gasteiger partial charge is 0.363 e. The Balaban J connectivity index is 1.96. The standard InChI is InChI=1S/C16H25N3/c1-2-19(14-7-4-3-5-8-14)16(13-17)10-12-18-11-6-9-15(16)18/h3-5,7-8,15H,2,6,9-13,17H2,1H3. The summed E-state index contributed by atoms with van der Waals surface area (Å²) in [6.45, 7) is 6.52. The molecule has 2 atom stereocenters. The molecule has 3 rings (SSSR count). The molecular weight excluding hydrogens is 234 g/mol. The monoisotopic (exact) mass is 259 g/mol. The van der Waals surface area contributed by atoms with Crippen LogP contribution in [0.15, 0.2) is 30.3 Å². The molecule has 0 aromatic heterocycles. The number of fused-ring (bicyclic) bond motifs is 1. The number of benzene rings is 1. The number of nitrogens with two attached hydrogens (primary N) is 1. The number of para-hydroxylation sites is 1. The molecule has 0 radical (unpaired) electrons. The van der Waals surface area contributed by atoms with E-state index in [1.165, 1.54) is 38.0 Å². The lowest BCUT2D eigenvalue weighted by Crippen LogP contribution is -2.60. The molecule has 19 heavy (non-hydrogen) atoms. The molecule has 1 aromatic rings. The third kappa shape index (κ3) is 1.96. The fourth-order valence-electron chi connectivity index (χ4n) is 4.23. The van der Waals surface area contributed by atoms with Crippen LogP contribution in [-0.2, 0) is 0 Å². The maximum atomic E-state index is 6.27. The van der Waals surface area contributed by atoms with Crippen molar-refractivity contribution in [3.63, 3.8) is 0 Å². The third-order valence-corrected chi connectivity index (χ3v) is 5.09. The van der Waals surface area contributed by atoms with Crippen LogP contribution in [0.1, 0.15) is 26.2 Å². The summed E-state index contributed by atoms with van der Waals surface area (Å²) in [6, 6.07) is 11.4. The number of hydrogen-bond acceptors (Lipinski definition) is 3. The smallest absolute Gasteiger partial charge is 0.0690 e. The summed E-state index contributed by atoms with van der Waals surface area (Å²) in [5, 5.41) is 0. The maximum Gasteiger partial charge on any atom is 0.0690 e. The zero-order valence-electron chi connectivity index (χ0n) is 11.9. The van der Waals surface area contributed by atoms with Gasteiger partial charge in [0.05, 0.1) is 5.54 Å². The van der Waals surface area contributed by atoms with E-state index in [0.29, 0.717) is 6.04 Å². The van der Waals surface area contributed by atoms with Crippen molar-refractivity contribution in [2.24, 2.45) is 5.73 Å². The average Bonchev–Trinajstić information content (AvgIpc) is 3.04. The van der Waals surface area contributed by atoms with Crippen LogP contribution >= 0.6 is 0 Å². The van der Waals surface area contributed by atoms with Crippen molar-refractivity contribution in [3.8, 4) is 0 Å². The van der Waals surface area contributed by atoms with E-state index in [-0.39, 0.29) is 5.54 Å². The molecule has 3 nitrogen and oxygen atoms in total. The summed E-state index contributed by atoms with van der Waals surface area (Å²) in [7, 11) is 0. The zero-order valence-corrected chi connectivity index (χ0v) is 11.9. The lowest BCUT2D eigenvalue weighted by molar-refractivity contribution is 0.257. The number of nitrogens with zero attached hydrogens (tertiary/aromatic N) is 2. The van der Waals surface area contributed by atoms with Crippen LogP contribution in [0.2, 0.25) is 0 Å². The van der Waals surface area contributed by atoms with E-state index < -0.39 is 0 Å². The van der Waals surface area contributed by atoms with E-state index in [1.807, 2.05) is 0 Å². The highest BCUT2D eigenvalue weighted by Gasteiger charge is 2.51. The predicted molar refractivity (Wildman–Crippen MR) is 80.5 cm³/mol. The molecule has 2 saturated heterocycles. The van der Waals surface area contributed by atoms with Gasteiger partial charge in [-0.1, -0.05) is 18.2 Å². The SMILES string of the molecule is CCN(c1ccccc1)C1(CN)CCN2CCCC21. The second-order valence-corrected chi connectivity index (χ2v) is 5.83. The quantitative estimate of drug-likeness (QED) is 0.898. The fraction of sp³-hybridized carbons (Fsp3) is 0.625. The molecule has 0 saturated carbocycles. The van der Waals surface area contributed by atoms with Gasteiger partial charge in [0.15, 0.2) is 0 Å². The van der Waals surface area contributed by atoms with Crippen molar-refractivity contribution >= 4 is 5.69 Å². The van der Waals surface area contributed by atoms with E-state index in [9.17, 15) is 0 Å². The van der Waals surface area contributed by atoms with E-state index in [1.54, 1.807) is 0 Å². The first-order valence-electron chi connectivity index (χ1n) is 7.58. The summed E-state index contributed by atoms with van der Waals surface area (Å²) < 4.78 is 0. The average molecular weight is 259 g/mol. The fourth-order valence-corrected chi connectivity index (χ4v) is 4.23. The predicted octanol–water partition coefficient (Wildman–Crippen LogP) is 2.08. The van der Waals surface area contributed by atoms with E-state index in [0.717, 1.165) is 13.1 Å². The molecule has 2 fully saturated rings. The first kappa shape index (κ1) is 12.9. The first-order chi connectivity index (χ1) is 9.31. The molecule has 0 bridgehead atoms. The van der Waals surface area contributed by atoms with Gasteiger partial charge >= 0.3 is 0 Å². The van der Waals surface area contributed by atoms with Gasteiger partial charge in [0, 0.05) is 31.4 Å². The number of rotatable bonds is 4. The Morgan fingerprint density at radius 2 is 2.11 bits per heavy atom. The molecule has 3 heteroatoms. The summed E-state index contributed by atoms with van der Waals surface area (Å²) in [5.41, 5.74) is 7.74. The second-order valence-electron chi connectivity index (χ2n) is 5.83. The van der Waals surface area contributed by atoms with Crippen LogP contribution in [-0.4, -0.2) is 42.7 Å². The second kappa shape index (κ2) is 5.14. The molecular formula is C16H25N3. The van der Waals surface area contributed by atoms with Gasteiger partial charge in [-0.2, -0.15) is 0 Å². The Kier molecular flexibility index (Phi) is 3.50. The lowest BCUT2D eigenvalue weighted by atomic mass is 9.86. The topological polar surface area (TPSA) is 32.5 Å². The molecule has 2 heterocycles. The van der Waals surface area contributed by atoms with Crippen molar-refractivity contribution in [2.75, 3.05) is 31.1 Å². The Bertz CT molecular complexity index is 419. The maximum absolute atomic E-state index is 6.27. The molecule has 2 aliphatic rings. The van der Waals surface area contributed by atoms with Gasteiger partial charge in [-0.3, -0.25) is 4.90 Å². The van der Waals surface area contributed by atoms with Crippen molar-refractivity contribution in [1.82, 2.24) is 4.90 Å². The van der Waals surface area contributed by atoms with Gasteiger partial charge in [-0.05, 0) is 44.9 Å². The van der Waals surface area contributed by atoms with Crippen molar-refractivity contribution in [1.29, 1.82) is 0 Å². The van der Waals surface area contributed by atoms with E-state index >= 15 is 0 Å². The molecule has 2 N–H and O–H groups in total. The minimum atomic E-state index is 0.145. The van der Waals surface area contributed by atoms with Gasteiger partial charge in [0.2, 0.25) is 0 Å². The number of hydrogen-bond donors (Lipinski definition) is 1. The van der Waals surface area contributed by atoms with Crippen LogP contribution in [0.5, 0.6) is 0 Å². The molecule has 104 valence electrons. The van der Waals surface area contributed by atoms with Gasteiger partial charge < -0.3 is 10.6 Å².